The van der Waals surface area contributed by atoms with E-state index in [0.29, 0.717) is 17.9 Å². The summed E-state index contributed by atoms with van der Waals surface area (Å²) in [7, 11) is 0. The SMILES string of the molecule is CCOC(=O)c1cc2cc(N)cc(CC)c2o1.Cl. The summed E-state index contributed by atoms with van der Waals surface area (Å²) >= 11 is 0. The van der Waals surface area contributed by atoms with Crippen LogP contribution in [-0.2, 0) is 11.2 Å². The summed E-state index contributed by atoms with van der Waals surface area (Å²) in [5.41, 5.74) is 8.17. The van der Waals surface area contributed by atoms with Gasteiger partial charge in [0.15, 0.2) is 0 Å². The van der Waals surface area contributed by atoms with Gasteiger partial charge in [0.25, 0.3) is 0 Å². The van der Waals surface area contributed by atoms with Gasteiger partial charge in [0.2, 0.25) is 5.76 Å². The summed E-state index contributed by atoms with van der Waals surface area (Å²) in [4.78, 5) is 11.6. The average Bonchev–Trinajstić information content (AvgIpc) is 2.71. The fourth-order valence-electron chi connectivity index (χ4n) is 1.82. The van der Waals surface area contributed by atoms with Gasteiger partial charge >= 0.3 is 5.97 Å². The molecule has 5 heteroatoms. The molecule has 0 unspecified atom stereocenters. The molecule has 2 N–H and O–H groups in total. The Morgan fingerprint density at radius 3 is 2.67 bits per heavy atom. The van der Waals surface area contributed by atoms with Crippen molar-refractivity contribution >= 4 is 35.0 Å². The molecule has 0 aliphatic heterocycles. The van der Waals surface area contributed by atoms with Gasteiger partial charge in [-0.3, -0.25) is 0 Å². The first kappa shape index (κ1) is 14.4. The number of aryl methyl sites for hydroxylation is 1. The van der Waals surface area contributed by atoms with Crippen molar-refractivity contribution in [2.75, 3.05) is 12.3 Å². The van der Waals surface area contributed by atoms with Crippen LogP contribution in [0, 0.1) is 0 Å². The molecule has 1 aromatic carbocycles. The number of rotatable bonds is 3. The van der Waals surface area contributed by atoms with Crippen LogP contribution in [0.1, 0.15) is 30.0 Å². The minimum absolute atomic E-state index is 0. The van der Waals surface area contributed by atoms with E-state index in [1.54, 1.807) is 19.1 Å². The van der Waals surface area contributed by atoms with Crippen LogP contribution in [0.3, 0.4) is 0 Å². The predicted octanol–water partition coefficient (Wildman–Crippen LogP) is 3.18. The molecule has 0 atom stereocenters. The highest BCUT2D eigenvalue weighted by atomic mass is 35.5. The van der Waals surface area contributed by atoms with Crippen molar-refractivity contribution in [1.82, 2.24) is 0 Å². The maximum absolute atomic E-state index is 11.6. The van der Waals surface area contributed by atoms with Crippen LogP contribution in [-0.4, -0.2) is 12.6 Å². The summed E-state index contributed by atoms with van der Waals surface area (Å²) in [5, 5.41) is 0.838. The number of ether oxygens (including phenoxy) is 1. The van der Waals surface area contributed by atoms with Crippen LogP contribution in [0.25, 0.3) is 11.0 Å². The lowest BCUT2D eigenvalue weighted by molar-refractivity contribution is 0.0492. The number of hydrogen-bond acceptors (Lipinski definition) is 4. The summed E-state index contributed by atoms with van der Waals surface area (Å²) in [6, 6.07) is 5.32. The number of halogens is 1. The van der Waals surface area contributed by atoms with Crippen molar-refractivity contribution in [1.29, 1.82) is 0 Å². The molecule has 2 aromatic rings. The van der Waals surface area contributed by atoms with Crippen LogP contribution >= 0.6 is 12.4 Å². The Balaban J connectivity index is 0.00000162. The van der Waals surface area contributed by atoms with Crippen LogP contribution in [0.5, 0.6) is 0 Å². The van der Waals surface area contributed by atoms with Gasteiger partial charge in [-0.05, 0) is 37.1 Å². The molecule has 0 radical (unpaired) electrons. The van der Waals surface area contributed by atoms with E-state index in [2.05, 4.69) is 0 Å². The zero-order chi connectivity index (χ0) is 12.4. The van der Waals surface area contributed by atoms with Crippen LogP contribution in [0.2, 0.25) is 0 Å². The van der Waals surface area contributed by atoms with Gasteiger partial charge in [0.1, 0.15) is 5.58 Å². The third-order valence-corrected chi connectivity index (χ3v) is 2.57. The minimum Gasteiger partial charge on any atom is -0.460 e. The lowest BCUT2D eigenvalue weighted by atomic mass is 10.1. The predicted molar refractivity (Wildman–Crippen MR) is 73.2 cm³/mol. The molecule has 1 aromatic heterocycles. The quantitative estimate of drug-likeness (QED) is 0.686. The molecule has 18 heavy (non-hydrogen) atoms. The number of esters is 1. The molecule has 0 fully saturated rings. The van der Waals surface area contributed by atoms with E-state index in [1.807, 2.05) is 13.0 Å². The molecule has 0 saturated heterocycles. The van der Waals surface area contributed by atoms with Gasteiger partial charge in [0.05, 0.1) is 6.61 Å². The molecule has 98 valence electrons. The first-order valence-electron chi connectivity index (χ1n) is 5.64. The van der Waals surface area contributed by atoms with E-state index >= 15 is 0 Å². The molecule has 1 heterocycles. The highest BCUT2D eigenvalue weighted by Gasteiger charge is 2.15. The van der Waals surface area contributed by atoms with Gasteiger partial charge in [-0.15, -0.1) is 12.4 Å². The third-order valence-electron chi connectivity index (χ3n) is 2.57. The van der Waals surface area contributed by atoms with E-state index in [1.165, 1.54) is 0 Å². The molecular formula is C13H16ClNO3. The lowest BCUT2D eigenvalue weighted by Gasteiger charge is -2.00. The number of carbonyl (C=O) groups is 1. The Hall–Kier alpha value is -1.68. The van der Waals surface area contributed by atoms with Crippen LogP contribution < -0.4 is 5.73 Å². The molecule has 4 nitrogen and oxygen atoms in total. The number of carbonyl (C=O) groups excluding carboxylic acids is 1. The van der Waals surface area contributed by atoms with Crippen molar-refractivity contribution in [2.24, 2.45) is 0 Å². The Labute approximate surface area is 112 Å². The van der Waals surface area contributed by atoms with Gasteiger partial charge in [-0.1, -0.05) is 6.92 Å². The molecule has 2 rings (SSSR count). The first-order chi connectivity index (χ1) is 8.15. The van der Waals surface area contributed by atoms with E-state index in [0.717, 1.165) is 17.4 Å². The third kappa shape index (κ3) is 2.59. The van der Waals surface area contributed by atoms with E-state index in [9.17, 15) is 4.79 Å². The van der Waals surface area contributed by atoms with Crippen LogP contribution in [0.4, 0.5) is 5.69 Å². The van der Waals surface area contributed by atoms with Gasteiger partial charge in [-0.2, -0.15) is 0 Å². The van der Waals surface area contributed by atoms with E-state index in [4.69, 9.17) is 14.9 Å². The highest BCUT2D eigenvalue weighted by Crippen LogP contribution is 2.26. The monoisotopic (exact) mass is 269 g/mol. The number of furan rings is 1. The molecule has 0 saturated carbocycles. The summed E-state index contributed by atoms with van der Waals surface area (Å²) < 4.78 is 10.4. The fraction of sp³-hybridized carbons (Fsp3) is 0.308. The summed E-state index contributed by atoms with van der Waals surface area (Å²) in [6.45, 7) is 4.11. The second-order valence-electron chi connectivity index (χ2n) is 3.78. The van der Waals surface area contributed by atoms with Gasteiger partial charge in [0, 0.05) is 11.1 Å². The smallest absolute Gasteiger partial charge is 0.374 e. The second-order valence-corrected chi connectivity index (χ2v) is 3.78. The van der Waals surface area contributed by atoms with E-state index in [-0.39, 0.29) is 18.2 Å². The zero-order valence-electron chi connectivity index (χ0n) is 10.4. The first-order valence-corrected chi connectivity index (χ1v) is 5.64. The standard InChI is InChI=1S/C13H15NO3.ClH/c1-3-8-5-10(14)6-9-7-11(17-12(8)9)13(15)16-4-2;/h5-7H,3-4,14H2,1-2H3;1H. The second kappa shape index (κ2) is 5.78. The van der Waals surface area contributed by atoms with Crippen molar-refractivity contribution in [3.63, 3.8) is 0 Å². The lowest BCUT2D eigenvalue weighted by Crippen LogP contribution is -2.02. The maximum atomic E-state index is 11.6. The normalized spacial score (nSPS) is 10.1. The Morgan fingerprint density at radius 2 is 2.06 bits per heavy atom. The van der Waals surface area contributed by atoms with Crippen molar-refractivity contribution in [3.8, 4) is 0 Å². The molecule has 0 aliphatic carbocycles. The van der Waals surface area contributed by atoms with Crippen molar-refractivity contribution in [2.45, 2.75) is 20.3 Å². The summed E-state index contributed by atoms with van der Waals surface area (Å²) in [6.07, 6.45) is 0.803. The van der Waals surface area contributed by atoms with Gasteiger partial charge in [-0.25, -0.2) is 4.79 Å². The van der Waals surface area contributed by atoms with Crippen LogP contribution in [0.15, 0.2) is 22.6 Å². The Bertz CT molecular complexity index is 563. The number of fused-ring (bicyclic) bond motifs is 1. The largest absolute Gasteiger partial charge is 0.460 e. The zero-order valence-corrected chi connectivity index (χ0v) is 11.2. The maximum Gasteiger partial charge on any atom is 0.374 e. The fourth-order valence-corrected chi connectivity index (χ4v) is 1.82. The topological polar surface area (TPSA) is 65.5 Å². The van der Waals surface area contributed by atoms with Crippen molar-refractivity contribution < 1.29 is 13.9 Å². The molecular weight excluding hydrogens is 254 g/mol. The Kier molecular flexibility index (Phi) is 4.62. The molecule has 0 amide bonds. The molecule has 0 aliphatic rings. The number of benzene rings is 1. The van der Waals surface area contributed by atoms with Gasteiger partial charge < -0.3 is 14.9 Å². The average molecular weight is 270 g/mol. The minimum atomic E-state index is -0.440. The number of nitrogen functional groups attached to an aromatic ring is 1. The molecule has 0 bridgehead atoms. The van der Waals surface area contributed by atoms with Crippen molar-refractivity contribution in [3.05, 3.63) is 29.5 Å². The number of nitrogens with two attached hydrogens (primary N) is 1. The molecule has 0 spiro atoms. The number of hydrogen-bond donors (Lipinski definition) is 1. The Morgan fingerprint density at radius 1 is 1.33 bits per heavy atom. The summed E-state index contributed by atoms with van der Waals surface area (Å²) in [5.74, 6) is -0.216. The highest BCUT2D eigenvalue weighted by molar-refractivity contribution is 5.94. The van der Waals surface area contributed by atoms with E-state index < -0.39 is 5.97 Å². The number of anilines is 1.